The number of amides is 1. The lowest BCUT2D eigenvalue weighted by Gasteiger charge is -2.33. The van der Waals surface area contributed by atoms with Gasteiger partial charge in [0.25, 0.3) is 0 Å². The minimum Gasteiger partial charge on any atom is -0.341 e. The summed E-state index contributed by atoms with van der Waals surface area (Å²) >= 11 is 0. The maximum absolute atomic E-state index is 13.5. The Labute approximate surface area is 156 Å². The third-order valence-corrected chi connectivity index (χ3v) is 5.06. The van der Waals surface area contributed by atoms with Crippen LogP contribution >= 0.6 is 0 Å². The summed E-state index contributed by atoms with van der Waals surface area (Å²) < 4.78 is 13.5. The number of piperidine rings is 1. The van der Waals surface area contributed by atoms with Crippen molar-refractivity contribution in [2.45, 2.75) is 32.2 Å². The number of aromatic nitrogens is 3. The number of rotatable bonds is 3. The number of carbonyl (C=O) groups excluding carboxylic acids is 1. The van der Waals surface area contributed by atoms with Gasteiger partial charge >= 0.3 is 0 Å². The first kappa shape index (κ1) is 17.5. The lowest BCUT2D eigenvalue weighted by Crippen LogP contribution is -2.41. The van der Waals surface area contributed by atoms with Crippen molar-refractivity contribution in [3.05, 3.63) is 47.8 Å². The van der Waals surface area contributed by atoms with E-state index in [4.69, 9.17) is 0 Å². The topological polar surface area (TPSA) is 74.6 Å². The van der Waals surface area contributed by atoms with E-state index < -0.39 is 5.82 Å². The van der Waals surface area contributed by atoms with E-state index in [-0.39, 0.29) is 17.9 Å². The van der Waals surface area contributed by atoms with Crippen LogP contribution in [0.2, 0.25) is 0 Å². The molecule has 0 spiro atoms. The predicted octanol–water partition coefficient (Wildman–Crippen LogP) is 2.49. The van der Waals surface area contributed by atoms with E-state index in [1.807, 2.05) is 6.92 Å². The number of carbonyl (C=O) groups is 1. The molecule has 1 atom stereocenters. The van der Waals surface area contributed by atoms with Gasteiger partial charge in [-0.1, -0.05) is 0 Å². The van der Waals surface area contributed by atoms with Gasteiger partial charge in [-0.05, 0) is 37.0 Å². The molecule has 140 valence electrons. The number of halogens is 1. The van der Waals surface area contributed by atoms with E-state index in [1.54, 1.807) is 24.8 Å². The number of hydrazone groups is 1. The number of hydrogen-bond acceptors (Lipinski definition) is 6. The maximum atomic E-state index is 13.5. The number of aryl methyl sites for hydroxylation is 1. The molecule has 4 heterocycles. The van der Waals surface area contributed by atoms with Crippen LogP contribution in [0.15, 0.2) is 36.0 Å². The van der Waals surface area contributed by atoms with Crippen LogP contribution < -0.4 is 4.90 Å². The standard InChI is InChI=1S/C19H21FN6O/c1-13-9-22-19(23-10-13)25-6-3-14(4-7-25)18(27)26-17(2-5-24-26)15-8-16(20)12-21-11-15/h5,8-12,14,17H,2-4,6-7H2,1H3. The third-order valence-electron chi connectivity index (χ3n) is 5.06. The lowest BCUT2D eigenvalue weighted by molar-refractivity contribution is -0.138. The summed E-state index contributed by atoms with van der Waals surface area (Å²) in [5.41, 5.74) is 1.69. The van der Waals surface area contributed by atoms with Gasteiger partial charge in [-0.3, -0.25) is 9.78 Å². The van der Waals surface area contributed by atoms with Crippen LogP contribution in [-0.4, -0.2) is 45.2 Å². The summed E-state index contributed by atoms with van der Waals surface area (Å²) in [7, 11) is 0. The molecule has 1 saturated heterocycles. The zero-order valence-corrected chi connectivity index (χ0v) is 15.1. The summed E-state index contributed by atoms with van der Waals surface area (Å²) in [6, 6.07) is 1.14. The molecule has 0 saturated carbocycles. The van der Waals surface area contributed by atoms with Crippen LogP contribution in [0.4, 0.5) is 10.3 Å². The molecule has 2 aromatic heterocycles. The van der Waals surface area contributed by atoms with E-state index >= 15 is 0 Å². The molecule has 7 nitrogen and oxygen atoms in total. The number of anilines is 1. The number of hydrogen-bond donors (Lipinski definition) is 0. The fourth-order valence-electron chi connectivity index (χ4n) is 3.58. The van der Waals surface area contributed by atoms with Crippen molar-refractivity contribution in [2.24, 2.45) is 11.0 Å². The fraction of sp³-hybridized carbons (Fsp3) is 0.421. The van der Waals surface area contributed by atoms with E-state index in [0.29, 0.717) is 17.9 Å². The Morgan fingerprint density at radius 1 is 1.15 bits per heavy atom. The second-order valence-electron chi connectivity index (χ2n) is 6.99. The van der Waals surface area contributed by atoms with E-state index in [2.05, 4.69) is 25.0 Å². The highest BCUT2D eigenvalue weighted by molar-refractivity contribution is 5.82. The monoisotopic (exact) mass is 368 g/mol. The molecule has 8 heteroatoms. The van der Waals surface area contributed by atoms with E-state index in [1.165, 1.54) is 11.1 Å². The van der Waals surface area contributed by atoms with E-state index in [0.717, 1.165) is 37.7 Å². The van der Waals surface area contributed by atoms with Crippen molar-refractivity contribution in [3.63, 3.8) is 0 Å². The fourth-order valence-corrected chi connectivity index (χ4v) is 3.58. The van der Waals surface area contributed by atoms with Crippen molar-refractivity contribution in [2.75, 3.05) is 18.0 Å². The highest BCUT2D eigenvalue weighted by atomic mass is 19.1. The molecule has 2 aliphatic rings. The van der Waals surface area contributed by atoms with Gasteiger partial charge in [0, 0.05) is 50.2 Å². The highest BCUT2D eigenvalue weighted by Gasteiger charge is 2.35. The largest absolute Gasteiger partial charge is 0.341 e. The SMILES string of the molecule is Cc1cnc(N2CCC(C(=O)N3N=CCC3c3cncc(F)c3)CC2)nc1. The first-order chi connectivity index (χ1) is 13.1. The average molecular weight is 368 g/mol. The van der Waals surface area contributed by atoms with Crippen molar-refractivity contribution >= 4 is 18.1 Å². The summed E-state index contributed by atoms with van der Waals surface area (Å²) in [5, 5.41) is 5.75. The first-order valence-corrected chi connectivity index (χ1v) is 9.11. The van der Waals surface area contributed by atoms with Gasteiger partial charge in [-0.2, -0.15) is 5.10 Å². The minimum absolute atomic E-state index is 0.0116. The van der Waals surface area contributed by atoms with Gasteiger partial charge in [0.1, 0.15) is 5.82 Å². The Kier molecular flexibility index (Phi) is 4.79. The first-order valence-electron chi connectivity index (χ1n) is 9.11. The van der Waals surface area contributed by atoms with Gasteiger partial charge in [-0.15, -0.1) is 0 Å². The van der Waals surface area contributed by atoms with E-state index in [9.17, 15) is 9.18 Å². The molecule has 1 amide bonds. The Hall–Kier alpha value is -2.90. The number of nitrogens with zero attached hydrogens (tertiary/aromatic N) is 6. The molecule has 0 N–H and O–H groups in total. The predicted molar refractivity (Wildman–Crippen MR) is 98.6 cm³/mol. The minimum atomic E-state index is -0.404. The van der Waals surface area contributed by atoms with Crippen molar-refractivity contribution in [1.82, 2.24) is 20.0 Å². The number of pyridine rings is 1. The molecule has 2 aromatic rings. The average Bonchev–Trinajstić information content (AvgIpc) is 3.18. The molecule has 0 bridgehead atoms. The summed E-state index contributed by atoms with van der Waals surface area (Å²) in [4.78, 5) is 27.7. The molecule has 0 aromatic carbocycles. The van der Waals surface area contributed by atoms with Crippen LogP contribution in [0.3, 0.4) is 0 Å². The van der Waals surface area contributed by atoms with Crippen LogP contribution in [0.1, 0.15) is 36.4 Å². The van der Waals surface area contributed by atoms with Crippen LogP contribution in [0, 0.1) is 18.7 Å². The van der Waals surface area contributed by atoms with Gasteiger partial charge < -0.3 is 4.90 Å². The Balaban J connectivity index is 1.41. The lowest BCUT2D eigenvalue weighted by atomic mass is 9.94. The van der Waals surface area contributed by atoms with Crippen LogP contribution in [0.25, 0.3) is 0 Å². The zero-order valence-electron chi connectivity index (χ0n) is 15.1. The van der Waals surface area contributed by atoms with Crippen molar-refractivity contribution < 1.29 is 9.18 Å². The Bertz CT molecular complexity index is 848. The van der Waals surface area contributed by atoms with Crippen molar-refractivity contribution in [1.29, 1.82) is 0 Å². The summed E-state index contributed by atoms with van der Waals surface area (Å²) in [6.07, 6.45) is 10.1. The molecular formula is C19H21FN6O. The molecule has 1 fully saturated rings. The van der Waals surface area contributed by atoms with Gasteiger partial charge in [-0.25, -0.2) is 19.4 Å². The molecular weight excluding hydrogens is 347 g/mol. The van der Waals surface area contributed by atoms with Crippen LogP contribution in [0.5, 0.6) is 0 Å². The molecule has 0 aliphatic carbocycles. The van der Waals surface area contributed by atoms with Crippen molar-refractivity contribution in [3.8, 4) is 0 Å². The smallest absolute Gasteiger partial charge is 0.246 e. The molecule has 1 unspecified atom stereocenters. The molecule has 27 heavy (non-hydrogen) atoms. The highest BCUT2D eigenvalue weighted by Crippen LogP contribution is 2.32. The molecule has 2 aliphatic heterocycles. The van der Waals surface area contributed by atoms with Gasteiger partial charge in [0.15, 0.2) is 0 Å². The summed E-state index contributed by atoms with van der Waals surface area (Å²) in [5.74, 6) is 0.182. The van der Waals surface area contributed by atoms with Gasteiger partial charge in [0.2, 0.25) is 11.9 Å². The van der Waals surface area contributed by atoms with Crippen LogP contribution in [-0.2, 0) is 4.79 Å². The zero-order chi connectivity index (χ0) is 18.8. The Morgan fingerprint density at radius 3 is 2.59 bits per heavy atom. The Morgan fingerprint density at radius 2 is 1.89 bits per heavy atom. The second kappa shape index (κ2) is 7.38. The third kappa shape index (κ3) is 3.65. The summed E-state index contributed by atoms with van der Waals surface area (Å²) in [6.45, 7) is 3.40. The molecule has 0 radical (unpaired) electrons. The van der Waals surface area contributed by atoms with Gasteiger partial charge in [0.05, 0.1) is 12.2 Å². The quantitative estimate of drug-likeness (QED) is 0.832. The normalized spacial score (nSPS) is 20.3. The maximum Gasteiger partial charge on any atom is 0.246 e. The second-order valence-corrected chi connectivity index (χ2v) is 6.99. The molecule has 4 rings (SSSR count).